The van der Waals surface area contributed by atoms with E-state index in [9.17, 15) is 8.78 Å². The van der Waals surface area contributed by atoms with Crippen LogP contribution in [0.15, 0.2) is 36.8 Å². The zero-order valence-corrected chi connectivity index (χ0v) is 16.1. The van der Waals surface area contributed by atoms with Crippen molar-refractivity contribution in [2.24, 2.45) is 0 Å². The molecule has 1 aliphatic rings. The highest BCUT2D eigenvalue weighted by Crippen LogP contribution is 2.25. The lowest BCUT2D eigenvalue weighted by molar-refractivity contribution is 0.0441. The normalized spacial score (nSPS) is 17.6. The van der Waals surface area contributed by atoms with E-state index in [0.29, 0.717) is 42.7 Å². The Morgan fingerprint density at radius 2 is 2.21 bits per heavy atom. The van der Waals surface area contributed by atoms with Crippen molar-refractivity contribution in [1.29, 1.82) is 0 Å². The topological polar surface area (TPSA) is 67.6 Å². The fourth-order valence-electron chi connectivity index (χ4n) is 3.16. The molecule has 4 rings (SSSR count). The lowest BCUT2D eigenvalue weighted by atomic mass is 10.2. The zero-order chi connectivity index (χ0) is 19.5. The van der Waals surface area contributed by atoms with E-state index in [-0.39, 0.29) is 11.7 Å². The van der Waals surface area contributed by atoms with Crippen LogP contribution in [0.2, 0.25) is 0 Å². The lowest BCUT2D eigenvalue weighted by Crippen LogP contribution is -2.46. The van der Waals surface area contributed by atoms with E-state index in [1.54, 1.807) is 40.9 Å². The maximum Gasteiger partial charge on any atom is 0.265 e. The molecule has 3 aromatic heterocycles. The summed E-state index contributed by atoms with van der Waals surface area (Å²) in [5.74, 6) is 0.593. The number of nitrogens with one attached hydrogen (secondary N) is 1. The molecule has 1 aliphatic heterocycles. The first-order valence-electron chi connectivity index (χ1n) is 8.86. The number of morpholine rings is 1. The number of imidazole rings is 1. The molecule has 0 aromatic carbocycles. The van der Waals surface area contributed by atoms with Crippen molar-refractivity contribution in [3.05, 3.63) is 42.4 Å². The molecule has 10 heteroatoms. The van der Waals surface area contributed by atoms with Gasteiger partial charge in [0.05, 0.1) is 30.3 Å². The summed E-state index contributed by atoms with van der Waals surface area (Å²) in [6.07, 6.45) is 4.21. The van der Waals surface area contributed by atoms with Gasteiger partial charge >= 0.3 is 0 Å². The third-order valence-electron chi connectivity index (χ3n) is 4.56. The second-order valence-corrected chi connectivity index (χ2v) is 7.06. The number of anilines is 1. The summed E-state index contributed by atoms with van der Waals surface area (Å²) in [4.78, 5) is 15.4. The van der Waals surface area contributed by atoms with Crippen LogP contribution in [0.3, 0.4) is 0 Å². The monoisotopic (exact) mass is 406 g/mol. The van der Waals surface area contributed by atoms with Crippen LogP contribution in [0.5, 0.6) is 0 Å². The zero-order valence-electron chi connectivity index (χ0n) is 15.3. The van der Waals surface area contributed by atoms with Crippen LogP contribution < -0.4 is 9.62 Å². The third-order valence-corrected chi connectivity index (χ3v) is 5.02. The van der Waals surface area contributed by atoms with Gasteiger partial charge < -0.3 is 9.64 Å². The molecule has 1 atom stereocenters. The Kier molecular flexibility index (Phi) is 5.69. The standard InChI is InChI=1S/C18H20F2N6OS/c1-28-23-8-13-11-25(6-7-27-13)18-21-5-4-14(24-18)15-9-22-16-3-2-12(17(19)20)10-26(15)16/h2-5,9-10,13,17,23H,6-8,11H2,1H3. The Bertz CT molecular complexity index is 953. The third kappa shape index (κ3) is 3.94. The highest BCUT2D eigenvalue weighted by atomic mass is 32.2. The summed E-state index contributed by atoms with van der Waals surface area (Å²) >= 11 is 1.55. The first kappa shape index (κ1) is 19.0. The van der Waals surface area contributed by atoms with Gasteiger partial charge in [-0.25, -0.2) is 23.7 Å². The molecule has 1 unspecified atom stereocenters. The van der Waals surface area contributed by atoms with Gasteiger partial charge in [-0.1, -0.05) is 11.9 Å². The number of rotatable bonds is 6. The summed E-state index contributed by atoms with van der Waals surface area (Å²) in [5, 5.41) is 0. The average molecular weight is 406 g/mol. The molecule has 3 aromatic rings. The Hall–Kier alpha value is -2.30. The Balaban J connectivity index is 1.62. The molecule has 28 heavy (non-hydrogen) atoms. The van der Waals surface area contributed by atoms with Crippen LogP contribution in [0.25, 0.3) is 17.0 Å². The molecule has 0 saturated carbocycles. The predicted molar refractivity (Wildman–Crippen MR) is 105 cm³/mol. The molecule has 0 radical (unpaired) electrons. The summed E-state index contributed by atoms with van der Waals surface area (Å²) in [6, 6.07) is 4.73. The highest BCUT2D eigenvalue weighted by molar-refractivity contribution is 7.96. The van der Waals surface area contributed by atoms with E-state index in [1.165, 1.54) is 12.3 Å². The van der Waals surface area contributed by atoms with Crippen molar-refractivity contribution < 1.29 is 13.5 Å². The molecular formula is C18H20F2N6OS. The maximum atomic E-state index is 13.1. The SMILES string of the molecule is CSNCC1CN(c2nccc(-c3cnc4ccc(C(F)F)cn34)n2)CCO1. The minimum Gasteiger partial charge on any atom is -0.373 e. The van der Waals surface area contributed by atoms with Gasteiger partial charge in [0.25, 0.3) is 6.43 Å². The van der Waals surface area contributed by atoms with Gasteiger partial charge in [0.1, 0.15) is 5.65 Å². The molecule has 1 fully saturated rings. The second kappa shape index (κ2) is 8.38. The van der Waals surface area contributed by atoms with Gasteiger partial charge in [-0.2, -0.15) is 0 Å². The first-order chi connectivity index (χ1) is 13.7. The van der Waals surface area contributed by atoms with Crippen LogP contribution >= 0.6 is 11.9 Å². The maximum absolute atomic E-state index is 13.1. The van der Waals surface area contributed by atoms with Crippen LogP contribution in [-0.4, -0.2) is 58.0 Å². The van der Waals surface area contributed by atoms with Crippen molar-refractivity contribution >= 4 is 23.5 Å². The Morgan fingerprint density at radius 3 is 3.04 bits per heavy atom. The van der Waals surface area contributed by atoms with Crippen LogP contribution in [0.1, 0.15) is 12.0 Å². The summed E-state index contributed by atoms with van der Waals surface area (Å²) < 4.78 is 36.8. The Labute approximate surface area is 165 Å². The molecule has 1 saturated heterocycles. The van der Waals surface area contributed by atoms with Crippen molar-refractivity contribution in [3.8, 4) is 11.4 Å². The van der Waals surface area contributed by atoms with Crippen molar-refractivity contribution in [1.82, 2.24) is 24.1 Å². The fraction of sp³-hybridized carbons (Fsp3) is 0.389. The minimum absolute atomic E-state index is 0.0536. The van der Waals surface area contributed by atoms with E-state index >= 15 is 0 Å². The van der Waals surface area contributed by atoms with E-state index < -0.39 is 6.43 Å². The molecule has 0 spiro atoms. The second-order valence-electron chi connectivity index (χ2n) is 6.37. The number of alkyl halides is 2. The van der Waals surface area contributed by atoms with Crippen molar-refractivity contribution in [2.45, 2.75) is 12.5 Å². The number of fused-ring (bicyclic) bond motifs is 1. The molecule has 1 N–H and O–H groups in total. The number of ether oxygens (including phenoxy) is 1. The van der Waals surface area contributed by atoms with Crippen molar-refractivity contribution in [2.75, 3.05) is 37.4 Å². The molecule has 7 nitrogen and oxygen atoms in total. The number of aromatic nitrogens is 4. The van der Waals surface area contributed by atoms with E-state index in [1.807, 2.05) is 6.26 Å². The molecule has 0 bridgehead atoms. The highest BCUT2D eigenvalue weighted by Gasteiger charge is 2.23. The summed E-state index contributed by atoms with van der Waals surface area (Å²) in [6.45, 7) is 2.71. The van der Waals surface area contributed by atoms with Gasteiger partial charge in [0, 0.05) is 37.6 Å². The smallest absolute Gasteiger partial charge is 0.265 e. The fourth-order valence-corrected chi connectivity index (χ4v) is 3.51. The van der Waals surface area contributed by atoms with Gasteiger partial charge in [-0.05, 0) is 24.5 Å². The van der Waals surface area contributed by atoms with Crippen LogP contribution in [0.4, 0.5) is 14.7 Å². The van der Waals surface area contributed by atoms with Gasteiger partial charge in [-0.15, -0.1) is 0 Å². The molecular weight excluding hydrogens is 386 g/mol. The number of hydrogen-bond donors (Lipinski definition) is 1. The number of hydrogen-bond acceptors (Lipinski definition) is 7. The summed E-state index contributed by atoms with van der Waals surface area (Å²) in [5.41, 5.74) is 1.82. The Morgan fingerprint density at radius 1 is 1.32 bits per heavy atom. The first-order valence-corrected chi connectivity index (χ1v) is 10.1. The summed E-state index contributed by atoms with van der Waals surface area (Å²) in [7, 11) is 0. The molecule has 0 amide bonds. The van der Waals surface area contributed by atoms with E-state index in [0.717, 1.165) is 6.54 Å². The lowest BCUT2D eigenvalue weighted by Gasteiger charge is -2.33. The van der Waals surface area contributed by atoms with Gasteiger partial charge in [-0.3, -0.25) is 9.12 Å². The number of pyridine rings is 1. The van der Waals surface area contributed by atoms with Crippen LogP contribution in [0, 0.1) is 0 Å². The number of halogens is 2. The quantitative estimate of drug-likeness (QED) is 0.632. The largest absolute Gasteiger partial charge is 0.373 e. The minimum atomic E-state index is -2.54. The molecule has 148 valence electrons. The van der Waals surface area contributed by atoms with E-state index in [2.05, 4.69) is 24.6 Å². The molecule has 4 heterocycles. The average Bonchev–Trinajstić information content (AvgIpc) is 3.16. The van der Waals surface area contributed by atoms with Crippen LogP contribution in [-0.2, 0) is 4.74 Å². The van der Waals surface area contributed by atoms with Crippen molar-refractivity contribution in [3.63, 3.8) is 0 Å². The van der Waals surface area contributed by atoms with E-state index in [4.69, 9.17) is 4.74 Å². The van der Waals surface area contributed by atoms with Gasteiger partial charge in [0.15, 0.2) is 0 Å². The predicted octanol–water partition coefficient (Wildman–Crippen LogP) is 2.80. The molecule has 0 aliphatic carbocycles. The van der Waals surface area contributed by atoms with Gasteiger partial charge in [0.2, 0.25) is 5.95 Å². The number of nitrogens with zero attached hydrogens (tertiary/aromatic N) is 5.